The topological polar surface area (TPSA) is 43.9 Å². The maximum absolute atomic E-state index is 12.9. The first kappa shape index (κ1) is 18.9. The number of benzene rings is 1. The van der Waals surface area contributed by atoms with E-state index in [2.05, 4.69) is 24.0 Å². The van der Waals surface area contributed by atoms with Crippen LogP contribution >= 0.6 is 0 Å². The van der Waals surface area contributed by atoms with Crippen LogP contribution in [0.2, 0.25) is 0 Å². The van der Waals surface area contributed by atoms with Gasteiger partial charge in [-0.15, -0.1) is 0 Å². The Kier molecular flexibility index (Phi) is 6.30. The van der Waals surface area contributed by atoms with Crippen LogP contribution in [-0.2, 0) is 16.1 Å². The molecule has 0 bridgehead atoms. The number of rotatable bonds is 5. The number of likely N-dealkylation sites (tertiary alicyclic amines) is 1. The summed E-state index contributed by atoms with van der Waals surface area (Å²) in [6.45, 7) is 8.85. The third kappa shape index (κ3) is 4.26. The maximum atomic E-state index is 12.9. The van der Waals surface area contributed by atoms with E-state index in [1.807, 2.05) is 34.9 Å². The lowest BCUT2D eigenvalue weighted by Gasteiger charge is -2.27. The molecule has 1 aromatic carbocycles. The van der Waals surface area contributed by atoms with E-state index in [4.69, 9.17) is 0 Å². The fourth-order valence-electron chi connectivity index (χ4n) is 3.98. The first-order valence-corrected chi connectivity index (χ1v) is 9.95. The molecule has 0 aliphatic carbocycles. The van der Waals surface area contributed by atoms with E-state index < -0.39 is 0 Å². The van der Waals surface area contributed by atoms with Crippen LogP contribution in [0.15, 0.2) is 30.3 Å². The Balaban J connectivity index is 1.56. The maximum Gasteiger partial charge on any atom is 0.240 e. The molecule has 2 saturated heterocycles. The summed E-state index contributed by atoms with van der Waals surface area (Å²) in [5.74, 6) is 0.601. The zero-order valence-corrected chi connectivity index (χ0v) is 16.1. The van der Waals surface area contributed by atoms with Crippen LogP contribution in [0.1, 0.15) is 38.7 Å². The number of hydrogen-bond acceptors (Lipinski definition) is 3. The first-order valence-electron chi connectivity index (χ1n) is 9.95. The van der Waals surface area contributed by atoms with Crippen LogP contribution < -0.4 is 0 Å². The molecule has 142 valence electrons. The largest absolute Gasteiger partial charge is 0.341 e. The van der Waals surface area contributed by atoms with Gasteiger partial charge in [0.25, 0.3) is 0 Å². The van der Waals surface area contributed by atoms with Crippen molar-refractivity contribution >= 4 is 11.8 Å². The number of amides is 2. The van der Waals surface area contributed by atoms with E-state index in [1.54, 1.807) is 0 Å². The van der Waals surface area contributed by atoms with Crippen LogP contribution in [0, 0.1) is 5.92 Å². The van der Waals surface area contributed by atoms with Crippen LogP contribution in [-0.4, -0.2) is 65.3 Å². The molecule has 0 N–H and O–H groups in total. The van der Waals surface area contributed by atoms with Crippen molar-refractivity contribution in [1.29, 1.82) is 0 Å². The Bertz CT molecular complexity index is 619. The van der Waals surface area contributed by atoms with Crippen LogP contribution in [0.25, 0.3) is 0 Å². The van der Waals surface area contributed by atoms with Crippen molar-refractivity contribution in [3.63, 3.8) is 0 Å². The van der Waals surface area contributed by atoms with Crippen molar-refractivity contribution in [2.45, 2.75) is 45.7 Å². The van der Waals surface area contributed by atoms with Gasteiger partial charge in [-0.2, -0.15) is 0 Å². The molecule has 2 aliphatic heterocycles. The molecule has 2 heterocycles. The van der Waals surface area contributed by atoms with E-state index in [0.29, 0.717) is 6.54 Å². The lowest BCUT2D eigenvalue weighted by atomic mass is 10.1. The van der Waals surface area contributed by atoms with E-state index >= 15 is 0 Å². The molecule has 0 spiro atoms. The second-order valence-electron chi connectivity index (χ2n) is 7.57. The summed E-state index contributed by atoms with van der Waals surface area (Å²) in [5.41, 5.74) is 1.18. The highest BCUT2D eigenvalue weighted by Gasteiger charge is 2.36. The van der Waals surface area contributed by atoms with Gasteiger partial charge < -0.3 is 9.80 Å². The van der Waals surface area contributed by atoms with Gasteiger partial charge in [-0.05, 0) is 24.8 Å². The highest BCUT2D eigenvalue weighted by molar-refractivity contribution is 5.84. The smallest absolute Gasteiger partial charge is 0.240 e. The van der Waals surface area contributed by atoms with Gasteiger partial charge in [-0.25, -0.2) is 0 Å². The number of carbonyl (C=O) groups is 2. The number of carbonyl (C=O) groups excluding carboxylic acids is 2. The van der Waals surface area contributed by atoms with Gasteiger partial charge in [-0.1, -0.05) is 44.2 Å². The van der Waals surface area contributed by atoms with Crippen LogP contribution in [0.4, 0.5) is 0 Å². The Morgan fingerprint density at radius 1 is 1.12 bits per heavy atom. The van der Waals surface area contributed by atoms with Crippen molar-refractivity contribution in [3.05, 3.63) is 35.9 Å². The second kappa shape index (κ2) is 8.67. The molecule has 1 aromatic rings. The van der Waals surface area contributed by atoms with Gasteiger partial charge in [0.05, 0.1) is 6.04 Å². The minimum Gasteiger partial charge on any atom is -0.341 e. The summed E-state index contributed by atoms with van der Waals surface area (Å²) < 4.78 is 0. The summed E-state index contributed by atoms with van der Waals surface area (Å²) in [4.78, 5) is 31.6. The molecule has 2 fully saturated rings. The molecule has 2 unspecified atom stereocenters. The highest BCUT2D eigenvalue weighted by atomic mass is 16.2. The van der Waals surface area contributed by atoms with Crippen molar-refractivity contribution in [2.75, 3.05) is 32.7 Å². The Morgan fingerprint density at radius 2 is 1.88 bits per heavy atom. The summed E-state index contributed by atoms with van der Waals surface area (Å²) >= 11 is 0. The summed E-state index contributed by atoms with van der Waals surface area (Å²) in [7, 11) is 0. The molecule has 2 aliphatic rings. The molecule has 0 aromatic heterocycles. The lowest BCUT2D eigenvalue weighted by molar-refractivity contribution is -0.134. The van der Waals surface area contributed by atoms with E-state index in [0.717, 1.165) is 52.0 Å². The predicted molar refractivity (Wildman–Crippen MR) is 102 cm³/mol. The zero-order valence-electron chi connectivity index (χ0n) is 16.1. The second-order valence-corrected chi connectivity index (χ2v) is 7.57. The fourth-order valence-corrected chi connectivity index (χ4v) is 3.98. The average Bonchev–Trinajstić information content (AvgIpc) is 2.87. The standard InChI is InChI=1S/C21H31N3O2/c1-3-17(2)20(25)23-12-7-11-22(14-15-23)19-10-13-24(21(19)26)16-18-8-5-4-6-9-18/h4-6,8-9,17,19H,3,7,10-16H2,1-2H3. The third-order valence-corrected chi connectivity index (χ3v) is 5.80. The minimum absolute atomic E-state index is 0.0163. The number of hydrogen-bond donors (Lipinski definition) is 0. The Morgan fingerprint density at radius 3 is 2.62 bits per heavy atom. The molecule has 3 rings (SSSR count). The van der Waals surface area contributed by atoms with Crippen molar-refractivity contribution in [2.24, 2.45) is 5.92 Å². The third-order valence-electron chi connectivity index (χ3n) is 5.80. The summed E-state index contributed by atoms with van der Waals surface area (Å²) in [5, 5.41) is 0. The monoisotopic (exact) mass is 357 g/mol. The van der Waals surface area contributed by atoms with Crippen molar-refractivity contribution in [3.8, 4) is 0 Å². The highest BCUT2D eigenvalue weighted by Crippen LogP contribution is 2.21. The SMILES string of the molecule is CCC(C)C(=O)N1CCCN(C2CCN(Cc3ccccc3)C2=O)CC1. The first-order chi connectivity index (χ1) is 12.6. The average molecular weight is 357 g/mol. The zero-order chi connectivity index (χ0) is 18.5. The van der Waals surface area contributed by atoms with Gasteiger partial charge in [0.1, 0.15) is 0 Å². The van der Waals surface area contributed by atoms with Gasteiger partial charge in [0.2, 0.25) is 11.8 Å². The number of nitrogens with zero attached hydrogens (tertiary/aromatic N) is 3. The van der Waals surface area contributed by atoms with Gasteiger partial charge in [-0.3, -0.25) is 14.5 Å². The molecule has 2 atom stereocenters. The van der Waals surface area contributed by atoms with Crippen LogP contribution in [0.5, 0.6) is 0 Å². The molecule has 0 saturated carbocycles. The molecule has 2 amide bonds. The Hall–Kier alpha value is -1.88. The van der Waals surface area contributed by atoms with Gasteiger partial charge in [0.15, 0.2) is 0 Å². The molecular formula is C21H31N3O2. The Labute approximate surface area is 156 Å². The summed E-state index contributed by atoms with van der Waals surface area (Å²) in [6, 6.07) is 10.2. The molecule has 26 heavy (non-hydrogen) atoms. The lowest BCUT2D eigenvalue weighted by Crippen LogP contribution is -2.44. The minimum atomic E-state index is -0.0163. The van der Waals surface area contributed by atoms with Crippen LogP contribution in [0.3, 0.4) is 0 Å². The quantitative estimate of drug-likeness (QED) is 0.813. The molecule has 5 nitrogen and oxygen atoms in total. The fraction of sp³-hybridized carbons (Fsp3) is 0.619. The van der Waals surface area contributed by atoms with Gasteiger partial charge >= 0.3 is 0 Å². The molecular weight excluding hydrogens is 326 g/mol. The molecule has 5 heteroatoms. The van der Waals surface area contributed by atoms with Crippen molar-refractivity contribution in [1.82, 2.24) is 14.7 Å². The van der Waals surface area contributed by atoms with Crippen molar-refractivity contribution < 1.29 is 9.59 Å². The van der Waals surface area contributed by atoms with E-state index in [9.17, 15) is 9.59 Å². The normalized spacial score (nSPS) is 23.2. The van der Waals surface area contributed by atoms with E-state index in [-0.39, 0.29) is 23.8 Å². The van der Waals surface area contributed by atoms with Gasteiger partial charge in [0, 0.05) is 45.2 Å². The predicted octanol–water partition coefficient (Wildman–Crippen LogP) is 2.37. The molecule has 0 radical (unpaired) electrons. The van der Waals surface area contributed by atoms with E-state index in [1.165, 1.54) is 5.56 Å². The summed E-state index contributed by atoms with van der Waals surface area (Å²) in [6.07, 6.45) is 2.73.